The van der Waals surface area contributed by atoms with Crippen molar-refractivity contribution in [3.63, 3.8) is 0 Å². The number of nitrogens with zero attached hydrogens (tertiary/aromatic N) is 2. The van der Waals surface area contributed by atoms with Crippen LogP contribution in [0.5, 0.6) is 0 Å². The van der Waals surface area contributed by atoms with Crippen molar-refractivity contribution in [3.8, 4) is 0 Å². The van der Waals surface area contributed by atoms with Crippen LogP contribution < -0.4 is 11.2 Å². The number of rotatable bonds is 1. The second-order valence-electron chi connectivity index (χ2n) is 6.22. The molecule has 1 aromatic carbocycles. The molecule has 0 saturated carbocycles. The van der Waals surface area contributed by atoms with Crippen molar-refractivity contribution in [2.45, 2.75) is 19.8 Å². The van der Waals surface area contributed by atoms with E-state index in [9.17, 15) is 9.59 Å². The monoisotopic (exact) mass is 299 g/mol. The molecule has 2 aromatic rings. The van der Waals surface area contributed by atoms with Gasteiger partial charge in [0.2, 0.25) is 5.43 Å². The first-order valence-corrected chi connectivity index (χ1v) is 7.66. The van der Waals surface area contributed by atoms with Gasteiger partial charge in [-0.05, 0) is 30.9 Å². The van der Waals surface area contributed by atoms with Gasteiger partial charge in [0.15, 0.2) is 0 Å². The zero-order valence-corrected chi connectivity index (χ0v) is 13.0. The molecule has 1 aromatic heterocycles. The number of piperidine rings is 1. The van der Waals surface area contributed by atoms with Crippen molar-refractivity contribution in [1.29, 1.82) is 0 Å². The highest BCUT2D eigenvalue weighted by Gasteiger charge is 2.25. The van der Waals surface area contributed by atoms with Crippen LogP contribution in [0.1, 0.15) is 30.1 Å². The molecule has 22 heavy (non-hydrogen) atoms. The number of nitrogens with two attached hydrogens (primary N) is 1. The van der Waals surface area contributed by atoms with Gasteiger partial charge in [0.1, 0.15) is 5.56 Å². The lowest BCUT2D eigenvalue weighted by Crippen LogP contribution is -2.41. The Morgan fingerprint density at radius 1 is 1.36 bits per heavy atom. The molecule has 0 spiro atoms. The van der Waals surface area contributed by atoms with Crippen molar-refractivity contribution in [2.75, 3.05) is 18.8 Å². The highest BCUT2D eigenvalue weighted by Crippen LogP contribution is 2.20. The van der Waals surface area contributed by atoms with Gasteiger partial charge in [-0.1, -0.05) is 13.0 Å². The molecule has 1 amide bonds. The molecule has 5 nitrogen and oxygen atoms in total. The van der Waals surface area contributed by atoms with E-state index < -0.39 is 0 Å². The van der Waals surface area contributed by atoms with E-state index in [1.807, 2.05) is 19.2 Å². The summed E-state index contributed by atoms with van der Waals surface area (Å²) in [5.41, 5.74) is 7.06. The third-order valence-corrected chi connectivity index (χ3v) is 4.42. The predicted octanol–water partition coefficient (Wildman–Crippen LogP) is 1.99. The molecular weight excluding hydrogens is 278 g/mol. The summed E-state index contributed by atoms with van der Waals surface area (Å²) in [6.45, 7) is 3.56. The summed E-state index contributed by atoms with van der Waals surface area (Å²) in [5.74, 6) is 0.296. The van der Waals surface area contributed by atoms with Crippen LogP contribution in [0.4, 0.5) is 5.69 Å². The zero-order valence-electron chi connectivity index (χ0n) is 13.0. The van der Waals surface area contributed by atoms with Crippen molar-refractivity contribution in [2.24, 2.45) is 13.0 Å². The number of carbonyl (C=O) groups excluding carboxylic acids is 1. The molecule has 1 aliphatic heterocycles. The number of fused-ring (bicyclic) bond motifs is 1. The van der Waals surface area contributed by atoms with E-state index in [4.69, 9.17) is 5.73 Å². The fourth-order valence-electron chi connectivity index (χ4n) is 3.25. The van der Waals surface area contributed by atoms with Crippen LogP contribution in [0, 0.1) is 5.92 Å². The minimum absolute atomic E-state index is 0.183. The van der Waals surface area contributed by atoms with Crippen molar-refractivity contribution in [3.05, 3.63) is 40.2 Å². The number of aromatic nitrogens is 1. The fraction of sp³-hybridized carbons (Fsp3) is 0.412. The zero-order chi connectivity index (χ0) is 15.9. The number of hydrogen-bond donors (Lipinski definition) is 1. The summed E-state index contributed by atoms with van der Waals surface area (Å²) in [5, 5.41) is 0.431. The predicted molar refractivity (Wildman–Crippen MR) is 87.9 cm³/mol. The Kier molecular flexibility index (Phi) is 3.64. The molecule has 116 valence electrons. The first-order valence-electron chi connectivity index (χ1n) is 7.66. The molecule has 0 bridgehead atoms. The van der Waals surface area contributed by atoms with E-state index in [0.717, 1.165) is 18.4 Å². The highest BCUT2D eigenvalue weighted by molar-refractivity contribution is 6.00. The molecular formula is C17H21N3O2. The summed E-state index contributed by atoms with van der Waals surface area (Å²) >= 11 is 0. The van der Waals surface area contributed by atoms with Gasteiger partial charge < -0.3 is 15.2 Å². The number of amides is 1. The van der Waals surface area contributed by atoms with Crippen LogP contribution in [0.15, 0.2) is 29.2 Å². The summed E-state index contributed by atoms with van der Waals surface area (Å²) in [7, 11) is 1.83. The SMILES string of the molecule is CC1CCCN(C(=O)c2cn(C)c3cccc(N)c3c2=O)C1. The van der Waals surface area contributed by atoms with E-state index in [-0.39, 0.29) is 16.9 Å². The van der Waals surface area contributed by atoms with E-state index in [0.29, 0.717) is 30.1 Å². The number of carbonyl (C=O) groups is 1. The smallest absolute Gasteiger partial charge is 0.259 e. The van der Waals surface area contributed by atoms with E-state index in [1.165, 1.54) is 0 Å². The quantitative estimate of drug-likeness (QED) is 0.819. The maximum absolute atomic E-state index is 12.7. The Morgan fingerprint density at radius 3 is 2.86 bits per heavy atom. The topological polar surface area (TPSA) is 68.3 Å². The molecule has 1 saturated heterocycles. The van der Waals surface area contributed by atoms with Gasteiger partial charge in [0, 0.05) is 32.0 Å². The molecule has 2 N–H and O–H groups in total. The second-order valence-corrected chi connectivity index (χ2v) is 6.22. The van der Waals surface area contributed by atoms with Crippen LogP contribution in [0.2, 0.25) is 0 Å². The maximum atomic E-state index is 12.7. The van der Waals surface area contributed by atoms with Crippen LogP contribution in [-0.2, 0) is 7.05 Å². The van der Waals surface area contributed by atoms with Gasteiger partial charge >= 0.3 is 0 Å². The molecule has 3 rings (SSSR count). The minimum atomic E-state index is -0.269. The first-order chi connectivity index (χ1) is 10.5. The van der Waals surface area contributed by atoms with E-state index >= 15 is 0 Å². The van der Waals surface area contributed by atoms with Gasteiger partial charge in [-0.15, -0.1) is 0 Å². The summed E-state index contributed by atoms with van der Waals surface area (Å²) in [6.07, 6.45) is 3.75. The molecule has 1 fully saturated rings. The normalized spacial score (nSPS) is 18.6. The third-order valence-electron chi connectivity index (χ3n) is 4.42. The lowest BCUT2D eigenvalue weighted by molar-refractivity contribution is 0.0681. The molecule has 1 atom stereocenters. The highest BCUT2D eigenvalue weighted by atomic mass is 16.2. The number of likely N-dealkylation sites (tertiary alicyclic amines) is 1. The van der Waals surface area contributed by atoms with Gasteiger partial charge in [-0.25, -0.2) is 0 Å². The molecule has 0 radical (unpaired) electrons. The molecule has 2 heterocycles. The first kappa shape index (κ1) is 14.6. The van der Waals surface area contributed by atoms with E-state index in [2.05, 4.69) is 6.92 Å². The van der Waals surface area contributed by atoms with Crippen molar-refractivity contribution >= 4 is 22.5 Å². The van der Waals surface area contributed by atoms with Gasteiger partial charge in [0.25, 0.3) is 5.91 Å². The van der Waals surface area contributed by atoms with Gasteiger partial charge in [-0.2, -0.15) is 0 Å². The number of anilines is 1. The molecule has 1 unspecified atom stereocenters. The van der Waals surface area contributed by atoms with Crippen LogP contribution in [-0.4, -0.2) is 28.5 Å². The van der Waals surface area contributed by atoms with Crippen LogP contribution >= 0.6 is 0 Å². The van der Waals surface area contributed by atoms with E-state index in [1.54, 1.807) is 21.7 Å². The average molecular weight is 299 g/mol. The standard InChI is InChI=1S/C17H21N3O2/c1-11-5-4-8-20(9-11)17(22)12-10-19(2)14-7-3-6-13(18)15(14)16(12)21/h3,6-7,10-11H,4-5,8-9,18H2,1-2H3. The van der Waals surface area contributed by atoms with Crippen molar-refractivity contribution < 1.29 is 4.79 Å². The Morgan fingerprint density at radius 2 is 2.14 bits per heavy atom. The number of hydrogen-bond acceptors (Lipinski definition) is 3. The van der Waals surface area contributed by atoms with Crippen molar-refractivity contribution in [1.82, 2.24) is 9.47 Å². The lowest BCUT2D eigenvalue weighted by Gasteiger charge is -2.31. The Balaban J connectivity index is 2.11. The average Bonchev–Trinajstić information content (AvgIpc) is 2.50. The third kappa shape index (κ3) is 2.36. The minimum Gasteiger partial charge on any atom is -0.398 e. The number of pyridine rings is 1. The van der Waals surface area contributed by atoms with Crippen LogP contribution in [0.25, 0.3) is 10.9 Å². The molecule has 1 aliphatic rings. The lowest BCUT2D eigenvalue weighted by atomic mass is 9.99. The van der Waals surface area contributed by atoms with Gasteiger partial charge in [-0.3, -0.25) is 9.59 Å². The summed E-state index contributed by atoms with van der Waals surface area (Å²) in [4.78, 5) is 27.3. The number of nitrogen functional groups attached to an aromatic ring is 1. The number of benzene rings is 1. The van der Waals surface area contributed by atoms with Crippen LogP contribution in [0.3, 0.4) is 0 Å². The maximum Gasteiger partial charge on any atom is 0.259 e. The molecule has 0 aliphatic carbocycles. The second kappa shape index (κ2) is 5.48. The summed E-state index contributed by atoms with van der Waals surface area (Å²) in [6, 6.07) is 5.34. The number of aryl methyl sites for hydroxylation is 1. The largest absolute Gasteiger partial charge is 0.398 e. The Bertz CT molecular complexity index is 794. The Hall–Kier alpha value is -2.30. The van der Waals surface area contributed by atoms with Gasteiger partial charge in [0.05, 0.1) is 10.9 Å². The molecule has 5 heteroatoms. The Labute approximate surface area is 129 Å². The summed E-state index contributed by atoms with van der Waals surface area (Å²) < 4.78 is 1.80. The fourth-order valence-corrected chi connectivity index (χ4v) is 3.25.